The number of nitrogens with one attached hydrogen (secondary N) is 1. The molecular formula is C23H21F3N4. The summed E-state index contributed by atoms with van der Waals surface area (Å²) < 4.78 is 37.8. The van der Waals surface area contributed by atoms with Gasteiger partial charge in [-0.15, -0.1) is 0 Å². The predicted molar refractivity (Wildman–Crippen MR) is 109 cm³/mol. The van der Waals surface area contributed by atoms with E-state index in [4.69, 9.17) is 4.98 Å². The van der Waals surface area contributed by atoms with Gasteiger partial charge in [0.05, 0.1) is 0 Å². The summed E-state index contributed by atoms with van der Waals surface area (Å²) in [5.41, 5.74) is 6.06. The number of nitrogens with zero attached hydrogens (tertiary/aromatic N) is 3. The maximum absolute atomic E-state index is 12.6. The molecule has 154 valence electrons. The molecule has 0 aliphatic rings. The number of aromatic nitrogens is 4. The van der Waals surface area contributed by atoms with E-state index in [0.717, 1.165) is 51.6 Å². The molecule has 4 heterocycles. The van der Waals surface area contributed by atoms with E-state index in [-0.39, 0.29) is 0 Å². The number of H-pyrrole nitrogens is 1. The Balaban J connectivity index is 1.44. The highest BCUT2D eigenvalue weighted by atomic mass is 19.4. The largest absolute Gasteiger partial charge is 0.433 e. The van der Waals surface area contributed by atoms with Gasteiger partial charge >= 0.3 is 6.18 Å². The van der Waals surface area contributed by atoms with E-state index < -0.39 is 11.9 Å². The molecule has 0 saturated carbocycles. The monoisotopic (exact) mass is 410 g/mol. The molecule has 4 rings (SSSR count). The molecule has 0 radical (unpaired) electrons. The van der Waals surface area contributed by atoms with E-state index in [1.54, 1.807) is 0 Å². The van der Waals surface area contributed by atoms with Gasteiger partial charge in [-0.3, -0.25) is 9.97 Å². The number of hydrogen-bond acceptors (Lipinski definition) is 3. The maximum atomic E-state index is 12.6. The van der Waals surface area contributed by atoms with E-state index in [1.807, 2.05) is 32.3 Å². The zero-order valence-electron chi connectivity index (χ0n) is 16.7. The van der Waals surface area contributed by atoms with Crippen molar-refractivity contribution in [1.29, 1.82) is 0 Å². The molecule has 0 aliphatic heterocycles. The Morgan fingerprint density at radius 1 is 0.933 bits per heavy atom. The average Bonchev–Trinajstić information content (AvgIpc) is 3.10. The molecule has 0 spiro atoms. The third kappa shape index (κ3) is 4.35. The van der Waals surface area contributed by atoms with Gasteiger partial charge in [-0.05, 0) is 67.1 Å². The van der Waals surface area contributed by atoms with Crippen LogP contribution in [0.25, 0.3) is 11.0 Å². The lowest BCUT2D eigenvalue weighted by Crippen LogP contribution is -2.08. The van der Waals surface area contributed by atoms with Crippen LogP contribution in [0.3, 0.4) is 0 Å². The van der Waals surface area contributed by atoms with Gasteiger partial charge in [-0.2, -0.15) is 13.2 Å². The van der Waals surface area contributed by atoms with Gasteiger partial charge in [-0.1, -0.05) is 12.1 Å². The molecule has 0 amide bonds. The summed E-state index contributed by atoms with van der Waals surface area (Å²) in [5, 5.41) is 1.12. The van der Waals surface area contributed by atoms with Crippen LogP contribution in [0.5, 0.6) is 0 Å². The van der Waals surface area contributed by atoms with Crippen LogP contribution in [-0.4, -0.2) is 19.9 Å². The molecule has 1 N–H and O–H groups in total. The molecule has 0 fully saturated rings. The highest BCUT2D eigenvalue weighted by molar-refractivity contribution is 5.80. The van der Waals surface area contributed by atoms with Crippen molar-refractivity contribution in [1.82, 2.24) is 19.9 Å². The van der Waals surface area contributed by atoms with Gasteiger partial charge in [-0.25, -0.2) is 4.98 Å². The van der Waals surface area contributed by atoms with Crippen molar-refractivity contribution in [2.24, 2.45) is 0 Å². The summed E-state index contributed by atoms with van der Waals surface area (Å²) in [5.74, 6) is 0. The normalized spacial score (nSPS) is 11.9. The summed E-state index contributed by atoms with van der Waals surface area (Å²) in [6, 6.07) is 8.69. The Labute approximate surface area is 172 Å². The minimum atomic E-state index is -4.41. The van der Waals surface area contributed by atoms with Crippen LogP contribution < -0.4 is 0 Å². The van der Waals surface area contributed by atoms with Crippen molar-refractivity contribution in [3.8, 4) is 0 Å². The Kier molecular flexibility index (Phi) is 5.28. The predicted octanol–water partition coefficient (Wildman–Crippen LogP) is 5.36. The Morgan fingerprint density at radius 3 is 2.47 bits per heavy atom. The van der Waals surface area contributed by atoms with E-state index in [9.17, 15) is 13.2 Å². The Hall–Kier alpha value is -3.22. The molecule has 0 saturated heterocycles. The summed E-state index contributed by atoms with van der Waals surface area (Å²) in [6.45, 7) is 4.01. The van der Waals surface area contributed by atoms with Gasteiger partial charge in [0.2, 0.25) is 0 Å². The lowest BCUT2D eigenvalue weighted by Gasteiger charge is -2.09. The fraction of sp³-hybridized carbons (Fsp3) is 0.261. The zero-order chi connectivity index (χ0) is 21.3. The molecule has 0 aliphatic carbocycles. The molecule has 0 bridgehead atoms. The van der Waals surface area contributed by atoms with Crippen molar-refractivity contribution in [3.05, 3.63) is 88.3 Å². The van der Waals surface area contributed by atoms with Crippen molar-refractivity contribution < 1.29 is 13.2 Å². The SMILES string of the molecule is Cc1cnc2[nH]cc(Cc3ccc(CCc4ccc(C(F)(F)F)nc4)nc3C)c2c1. The third-order valence-corrected chi connectivity index (χ3v) is 5.17. The van der Waals surface area contributed by atoms with Crippen LogP contribution in [0.1, 0.15) is 39.3 Å². The number of fused-ring (bicyclic) bond motifs is 1. The smallest absolute Gasteiger partial charge is 0.346 e. The summed E-state index contributed by atoms with van der Waals surface area (Å²) in [6.07, 6.45) is 2.70. The molecule has 7 heteroatoms. The fourth-order valence-corrected chi connectivity index (χ4v) is 3.49. The number of aryl methyl sites for hydroxylation is 4. The minimum absolute atomic E-state index is 0.588. The first-order valence-corrected chi connectivity index (χ1v) is 9.70. The molecule has 4 aromatic rings. The van der Waals surface area contributed by atoms with E-state index in [1.165, 1.54) is 17.8 Å². The number of rotatable bonds is 5. The van der Waals surface area contributed by atoms with Gasteiger partial charge in [0.15, 0.2) is 0 Å². The molecular weight excluding hydrogens is 389 g/mol. The fourth-order valence-electron chi connectivity index (χ4n) is 3.49. The van der Waals surface area contributed by atoms with E-state index in [0.29, 0.717) is 12.8 Å². The Morgan fingerprint density at radius 2 is 1.77 bits per heavy atom. The zero-order valence-corrected chi connectivity index (χ0v) is 16.7. The highest BCUT2D eigenvalue weighted by Gasteiger charge is 2.31. The van der Waals surface area contributed by atoms with Gasteiger partial charge in [0.25, 0.3) is 0 Å². The molecule has 0 unspecified atom stereocenters. The van der Waals surface area contributed by atoms with Crippen LogP contribution in [0.15, 0.2) is 48.9 Å². The quantitative estimate of drug-likeness (QED) is 0.482. The van der Waals surface area contributed by atoms with Crippen molar-refractivity contribution in [3.63, 3.8) is 0 Å². The van der Waals surface area contributed by atoms with Crippen LogP contribution in [-0.2, 0) is 25.4 Å². The van der Waals surface area contributed by atoms with Gasteiger partial charge in [0, 0.05) is 41.8 Å². The third-order valence-electron chi connectivity index (χ3n) is 5.17. The second-order valence-corrected chi connectivity index (χ2v) is 7.50. The molecule has 30 heavy (non-hydrogen) atoms. The summed E-state index contributed by atoms with van der Waals surface area (Å²) >= 11 is 0. The van der Waals surface area contributed by atoms with E-state index >= 15 is 0 Å². The lowest BCUT2D eigenvalue weighted by molar-refractivity contribution is -0.141. The summed E-state index contributed by atoms with van der Waals surface area (Å²) in [7, 11) is 0. The van der Waals surface area contributed by atoms with Crippen LogP contribution in [0.2, 0.25) is 0 Å². The first-order chi connectivity index (χ1) is 14.3. The number of halogens is 3. The second-order valence-electron chi connectivity index (χ2n) is 7.50. The maximum Gasteiger partial charge on any atom is 0.433 e. The standard InChI is InChI=1S/C23H21F3N4/c1-14-9-20-18(13-29-22(20)28-11-14)10-17-5-7-19(30-15(17)2)6-3-16-4-8-21(27-12-16)23(24,25)26/h4-5,7-9,11-13H,3,6,10H2,1-2H3,(H,28,29). The number of pyridine rings is 3. The number of aromatic amines is 1. The van der Waals surface area contributed by atoms with Crippen molar-refractivity contribution >= 4 is 11.0 Å². The second kappa shape index (κ2) is 7.89. The number of alkyl halides is 3. The molecule has 4 aromatic heterocycles. The van der Waals surface area contributed by atoms with Crippen LogP contribution in [0, 0.1) is 13.8 Å². The van der Waals surface area contributed by atoms with Crippen molar-refractivity contribution in [2.75, 3.05) is 0 Å². The average molecular weight is 410 g/mol. The topological polar surface area (TPSA) is 54.5 Å². The van der Waals surface area contributed by atoms with Crippen LogP contribution in [0.4, 0.5) is 13.2 Å². The van der Waals surface area contributed by atoms with E-state index in [2.05, 4.69) is 27.1 Å². The molecule has 4 nitrogen and oxygen atoms in total. The number of hydrogen-bond donors (Lipinski definition) is 1. The Bertz CT molecular complexity index is 1180. The molecule has 0 atom stereocenters. The summed E-state index contributed by atoms with van der Waals surface area (Å²) in [4.78, 5) is 15.8. The van der Waals surface area contributed by atoms with Gasteiger partial charge in [0.1, 0.15) is 11.3 Å². The first kappa shape index (κ1) is 20.1. The first-order valence-electron chi connectivity index (χ1n) is 9.70. The van der Waals surface area contributed by atoms with Crippen molar-refractivity contribution in [2.45, 2.75) is 39.3 Å². The van der Waals surface area contributed by atoms with Gasteiger partial charge < -0.3 is 4.98 Å². The highest BCUT2D eigenvalue weighted by Crippen LogP contribution is 2.27. The van der Waals surface area contributed by atoms with Crippen LogP contribution >= 0.6 is 0 Å². The molecule has 0 aromatic carbocycles. The lowest BCUT2D eigenvalue weighted by atomic mass is 10.0. The minimum Gasteiger partial charge on any atom is -0.346 e.